The number of amides is 1. The molecule has 9 heteroatoms. The highest BCUT2D eigenvalue weighted by molar-refractivity contribution is 8.15. The van der Waals surface area contributed by atoms with E-state index in [0.717, 1.165) is 16.9 Å². The van der Waals surface area contributed by atoms with Crippen molar-refractivity contribution in [3.63, 3.8) is 0 Å². The van der Waals surface area contributed by atoms with Crippen LogP contribution in [0.4, 0.5) is 5.13 Å². The van der Waals surface area contributed by atoms with E-state index >= 15 is 0 Å². The molecular weight excluding hydrogens is 355 g/mol. The molecule has 1 aromatic heterocycles. The number of benzene rings is 1. The summed E-state index contributed by atoms with van der Waals surface area (Å²) in [6.45, 7) is 3.29. The number of thiazole rings is 1. The van der Waals surface area contributed by atoms with Crippen LogP contribution in [-0.2, 0) is 9.05 Å². The first kappa shape index (κ1) is 16.2. The molecule has 0 spiro atoms. The van der Waals surface area contributed by atoms with Crippen LogP contribution in [0.2, 0.25) is 5.02 Å². The zero-order valence-corrected chi connectivity index (χ0v) is 14.1. The van der Waals surface area contributed by atoms with Crippen molar-refractivity contribution in [2.45, 2.75) is 18.1 Å². The molecule has 0 radical (unpaired) electrons. The Kier molecular flexibility index (Phi) is 4.57. The van der Waals surface area contributed by atoms with Crippen LogP contribution in [0.5, 0.6) is 0 Å². The summed E-state index contributed by atoms with van der Waals surface area (Å²) in [5.74, 6) is -0.401. The lowest BCUT2D eigenvalue weighted by Gasteiger charge is -2.03. The van der Waals surface area contributed by atoms with E-state index < -0.39 is 15.0 Å². The van der Waals surface area contributed by atoms with Crippen LogP contribution in [0.25, 0.3) is 0 Å². The third-order valence-corrected chi connectivity index (χ3v) is 6.29. The van der Waals surface area contributed by atoms with Crippen LogP contribution in [0.1, 0.15) is 21.6 Å². The van der Waals surface area contributed by atoms with Gasteiger partial charge in [0.05, 0.1) is 5.69 Å². The lowest BCUT2D eigenvalue weighted by Crippen LogP contribution is -2.11. The zero-order chi connectivity index (χ0) is 15.8. The van der Waals surface area contributed by atoms with Gasteiger partial charge in [-0.05, 0) is 37.6 Å². The highest BCUT2D eigenvalue weighted by Gasteiger charge is 2.20. The number of nitrogens with one attached hydrogen (secondary N) is 1. The normalized spacial score (nSPS) is 11.4. The summed E-state index contributed by atoms with van der Waals surface area (Å²) in [5.41, 5.74) is 1.42. The first-order valence-corrected chi connectivity index (χ1v) is 9.18. The molecule has 0 fully saturated rings. The lowest BCUT2D eigenvalue weighted by atomic mass is 10.1. The molecule has 0 bridgehead atoms. The quantitative estimate of drug-likeness (QED) is 0.844. The highest BCUT2D eigenvalue weighted by atomic mass is 35.7. The first-order valence-electron chi connectivity index (χ1n) is 5.68. The van der Waals surface area contributed by atoms with E-state index in [1.165, 1.54) is 6.92 Å². The van der Waals surface area contributed by atoms with Gasteiger partial charge in [-0.3, -0.25) is 10.1 Å². The molecule has 21 heavy (non-hydrogen) atoms. The lowest BCUT2D eigenvalue weighted by molar-refractivity contribution is 0.102. The number of aromatic nitrogens is 1. The van der Waals surface area contributed by atoms with E-state index in [4.69, 9.17) is 22.3 Å². The molecule has 1 N–H and O–H groups in total. The van der Waals surface area contributed by atoms with Crippen molar-refractivity contribution in [1.29, 1.82) is 0 Å². The fraction of sp³-hybridized carbons (Fsp3) is 0.167. The maximum atomic E-state index is 12.1. The van der Waals surface area contributed by atoms with E-state index in [9.17, 15) is 13.2 Å². The summed E-state index contributed by atoms with van der Waals surface area (Å²) in [6, 6.07) is 4.83. The Morgan fingerprint density at radius 2 is 2.00 bits per heavy atom. The summed E-state index contributed by atoms with van der Waals surface area (Å²) in [5, 5.41) is 3.27. The standard InChI is InChI=1S/C12H10Cl2N2O3S2/c1-6-5-8(3-4-9(6)13)10(17)16-12-15-7(2)11(20-12)21(14,18)19/h3-5H,1-2H3,(H,15,16,17). The van der Waals surface area contributed by atoms with Gasteiger partial charge in [0.15, 0.2) is 9.34 Å². The second kappa shape index (κ2) is 5.92. The van der Waals surface area contributed by atoms with Crippen molar-refractivity contribution in [3.05, 3.63) is 40.0 Å². The van der Waals surface area contributed by atoms with Crippen molar-refractivity contribution in [2.75, 3.05) is 5.32 Å². The zero-order valence-electron chi connectivity index (χ0n) is 11.0. The molecule has 0 atom stereocenters. The fourth-order valence-electron chi connectivity index (χ4n) is 1.62. The number of carbonyl (C=O) groups is 1. The van der Waals surface area contributed by atoms with Gasteiger partial charge in [-0.1, -0.05) is 22.9 Å². The SMILES string of the molecule is Cc1cc(C(=O)Nc2nc(C)c(S(=O)(=O)Cl)s2)ccc1Cl. The van der Waals surface area contributed by atoms with Crippen LogP contribution < -0.4 is 5.32 Å². The van der Waals surface area contributed by atoms with Crippen LogP contribution in [0.15, 0.2) is 22.4 Å². The van der Waals surface area contributed by atoms with Gasteiger partial charge in [0, 0.05) is 21.3 Å². The van der Waals surface area contributed by atoms with E-state index in [2.05, 4.69) is 10.3 Å². The van der Waals surface area contributed by atoms with Gasteiger partial charge in [-0.2, -0.15) is 0 Å². The Morgan fingerprint density at radius 1 is 1.33 bits per heavy atom. The summed E-state index contributed by atoms with van der Waals surface area (Å²) < 4.78 is 22.5. The molecule has 0 saturated heterocycles. The summed E-state index contributed by atoms with van der Waals surface area (Å²) in [6.07, 6.45) is 0. The number of carbonyl (C=O) groups excluding carboxylic acids is 1. The molecule has 1 heterocycles. The summed E-state index contributed by atoms with van der Waals surface area (Å²) in [4.78, 5) is 16.1. The van der Waals surface area contributed by atoms with Crippen molar-refractivity contribution < 1.29 is 13.2 Å². The van der Waals surface area contributed by atoms with Crippen LogP contribution in [-0.4, -0.2) is 19.3 Å². The average molecular weight is 365 g/mol. The summed E-state index contributed by atoms with van der Waals surface area (Å²) >= 11 is 6.70. The third-order valence-electron chi connectivity index (χ3n) is 2.62. The average Bonchev–Trinajstić information content (AvgIpc) is 2.73. The topological polar surface area (TPSA) is 76.1 Å². The number of hydrogen-bond donors (Lipinski definition) is 1. The minimum Gasteiger partial charge on any atom is -0.298 e. The predicted octanol–water partition coefficient (Wildman–Crippen LogP) is 3.59. The first-order chi connectivity index (χ1) is 9.68. The minimum absolute atomic E-state index is 0.0771. The molecule has 2 rings (SSSR count). The Morgan fingerprint density at radius 3 is 2.52 bits per heavy atom. The molecule has 112 valence electrons. The largest absolute Gasteiger partial charge is 0.298 e. The second-order valence-electron chi connectivity index (χ2n) is 4.25. The van der Waals surface area contributed by atoms with Gasteiger partial charge in [-0.15, -0.1) is 0 Å². The highest BCUT2D eigenvalue weighted by Crippen LogP contribution is 2.30. The molecule has 2 aromatic rings. The molecule has 0 aliphatic carbocycles. The number of halogens is 2. The maximum absolute atomic E-state index is 12.1. The number of nitrogens with zero attached hydrogens (tertiary/aromatic N) is 1. The van der Waals surface area contributed by atoms with Crippen LogP contribution in [0.3, 0.4) is 0 Å². The molecule has 0 unspecified atom stereocenters. The van der Waals surface area contributed by atoms with E-state index in [-0.39, 0.29) is 15.0 Å². The van der Waals surface area contributed by atoms with Crippen molar-refractivity contribution in [3.8, 4) is 0 Å². The number of aryl methyl sites for hydroxylation is 2. The molecule has 0 aliphatic heterocycles. The smallest absolute Gasteiger partial charge is 0.272 e. The van der Waals surface area contributed by atoms with Gasteiger partial charge in [0.1, 0.15) is 0 Å². The van der Waals surface area contributed by atoms with Gasteiger partial charge < -0.3 is 0 Å². The van der Waals surface area contributed by atoms with E-state index in [1.54, 1.807) is 25.1 Å². The van der Waals surface area contributed by atoms with Gasteiger partial charge in [0.2, 0.25) is 0 Å². The van der Waals surface area contributed by atoms with E-state index in [0.29, 0.717) is 10.6 Å². The predicted molar refractivity (Wildman–Crippen MR) is 84.0 cm³/mol. The Bertz CT molecular complexity index is 816. The molecular formula is C12H10Cl2N2O3S2. The van der Waals surface area contributed by atoms with Gasteiger partial charge in [0.25, 0.3) is 15.0 Å². The van der Waals surface area contributed by atoms with Gasteiger partial charge in [-0.25, -0.2) is 13.4 Å². The molecule has 1 aromatic carbocycles. The van der Waals surface area contributed by atoms with Crippen molar-refractivity contribution in [1.82, 2.24) is 4.98 Å². The number of hydrogen-bond acceptors (Lipinski definition) is 5. The fourth-order valence-corrected chi connectivity index (χ4v) is 4.08. The molecule has 1 amide bonds. The Labute approximate surface area is 135 Å². The number of anilines is 1. The monoisotopic (exact) mass is 364 g/mol. The van der Waals surface area contributed by atoms with Crippen molar-refractivity contribution in [2.24, 2.45) is 0 Å². The number of rotatable bonds is 3. The Balaban J connectivity index is 2.26. The second-order valence-corrected chi connectivity index (χ2v) is 8.42. The molecule has 0 saturated carbocycles. The van der Waals surface area contributed by atoms with Crippen LogP contribution in [0, 0.1) is 13.8 Å². The molecule has 5 nitrogen and oxygen atoms in total. The summed E-state index contributed by atoms with van der Waals surface area (Å²) in [7, 11) is 1.42. The maximum Gasteiger partial charge on any atom is 0.272 e. The third kappa shape index (κ3) is 3.74. The Hall–Kier alpha value is -1.15. The van der Waals surface area contributed by atoms with E-state index in [1.807, 2.05) is 0 Å². The van der Waals surface area contributed by atoms with Crippen LogP contribution >= 0.6 is 33.6 Å². The van der Waals surface area contributed by atoms with Gasteiger partial charge >= 0.3 is 0 Å². The molecule has 0 aliphatic rings. The van der Waals surface area contributed by atoms with Crippen molar-refractivity contribution >= 4 is 53.7 Å². The minimum atomic E-state index is -3.87.